The number of ether oxygens (including phenoxy) is 1. The maximum atomic E-state index is 5.32. The standard InChI is InChI=1S/C10H23NO/c1-6-11(10(3,4)5)8-9-12-7-2/h6-9H2,1-5H3. The molecule has 0 aliphatic rings. The van der Waals surface area contributed by atoms with Crippen molar-refractivity contribution < 1.29 is 4.74 Å². The first-order chi connectivity index (χ1) is 5.52. The molecule has 0 saturated carbocycles. The Kier molecular flexibility index (Phi) is 5.51. The van der Waals surface area contributed by atoms with E-state index in [0.29, 0.717) is 0 Å². The lowest BCUT2D eigenvalue weighted by molar-refractivity contribution is 0.0738. The normalized spacial score (nSPS) is 12.5. The average Bonchev–Trinajstić information content (AvgIpc) is 1.95. The Morgan fingerprint density at radius 1 is 1.17 bits per heavy atom. The number of hydrogen-bond donors (Lipinski definition) is 0. The first-order valence-corrected chi connectivity index (χ1v) is 4.85. The zero-order chi connectivity index (χ0) is 9.61. The van der Waals surface area contributed by atoms with E-state index in [1.54, 1.807) is 0 Å². The summed E-state index contributed by atoms with van der Waals surface area (Å²) in [6, 6.07) is 0. The summed E-state index contributed by atoms with van der Waals surface area (Å²) in [5.74, 6) is 0. The average molecular weight is 173 g/mol. The SMILES string of the molecule is CCOCCN(CC)C(C)(C)C. The van der Waals surface area contributed by atoms with E-state index in [1.165, 1.54) is 0 Å². The molecular formula is C10H23NO. The number of hydrogen-bond acceptors (Lipinski definition) is 2. The van der Waals surface area contributed by atoms with E-state index >= 15 is 0 Å². The van der Waals surface area contributed by atoms with Gasteiger partial charge >= 0.3 is 0 Å². The molecule has 0 amide bonds. The molecule has 0 saturated heterocycles. The second-order valence-corrected chi connectivity index (χ2v) is 3.95. The van der Waals surface area contributed by atoms with Crippen LogP contribution in [0.25, 0.3) is 0 Å². The Balaban J connectivity index is 3.68. The predicted octanol–water partition coefficient (Wildman–Crippen LogP) is 2.14. The van der Waals surface area contributed by atoms with Gasteiger partial charge < -0.3 is 4.74 Å². The van der Waals surface area contributed by atoms with Gasteiger partial charge in [0.05, 0.1) is 6.61 Å². The van der Waals surface area contributed by atoms with Crippen LogP contribution in [0.1, 0.15) is 34.6 Å². The largest absolute Gasteiger partial charge is 0.380 e. The summed E-state index contributed by atoms with van der Waals surface area (Å²) in [7, 11) is 0. The van der Waals surface area contributed by atoms with Crippen molar-refractivity contribution in [1.82, 2.24) is 4.90 Å². The van der Waals surface area contributed by atoms with Crippen LogP contribution in [0.4, 0.5) is 0 Å². The highest BCUT2D eigenvalue weighted by Gasteiger charge is 2.18. The van der Waals surface area contributed by atoms with Gasteiger partial charge in [0.1, 0.15) is 0 Å². The maximum absolute atomic E-state index is 5.32. The molecule has 0 atom stereocenters. The molecule has 0 radical (unpaired) electrons. The fourth-order valence-corrected chi connectivity index (χ4v) is 1.29. The van der Waals surface area contributed by atoms with Crippen molar-refractivity contribution in [2.24, 2.45) is 0 Å². The molecule has 0 rings (SSSR count). The third-order valence-electron chi connectivity index (χ3n) is 2.04. The number of likely N-dealkylation sites (N-methyl/N-ethyl adjacent to an activating group) is 1. The van der Waals surface area contributed by atoms with Crippen LogP contribution in [0.3, 0.4) is 0 Å². The van der Waals surface area contributed by atoms with Crippen molar-refractivity contribution >= 4 is 0 Å². The van der Waals surface area contributed by atoms with E-state index in [4.69, 9.17) is 4.74 Å². The van der Waals surface area contributed by atoms with Gasteiger partial charge in [0.15, 0.2) is 0 Å². The number of nitrogens with zero attached hydrogens (tertiary/aromatic N) is 1. The molecule has 0 aromatic carbocycles. The predicted molar refractivity (Wildman–Crippen MR) is 53.5 cm³/mol. The number of rotatable bonds is 5. The molecular weight excluding hydrogens is 150 g/mol. The summed E-state index contributed by atoms with van der Waals surface area (Å²) in [6.07, 6.45) is 0. The van der Waals surface area contributed by atoms with Gasteiger partial charge in [-0.15, -0.1) is 0 Å². The Morgan fingerprint density at radius 3 is 2.08 bits per heavy atom. The Hall–Kier alpha value is -0.0800. The Bertz CT molecular complexity index is 107. The second-order valence-electron chi connectivity index (χ2n) is 3.95. The molecule has 0 aromatic rings. The van der Waals surface area contributed by atoms with Gasteiger partial charge in [-0.3, -0.25) is 4.90 Å². The quantitative estimate of drug-likeness (QED) is 0.591. The molecule has 0 spiro atoms. The van der Waals surface area contributed by atoms with E-state index < -0.39 is 0 Å². The lowest BCUT2D eigenvalue weighted by Gasteiger charge is -2.34. The van der Waals surface area contributed by atoms with Crippen molar-refractivity contribution in [2.45, 2.75) is 40.2 Å². The molecule has 2 nitrogen and oxygen atoms in total. The van der Waals surface area contributed by atoms with Gasteiger partial charge in [0, 0.05) is 18.7 Å². The van der Waals surface area contributed by atoms with Crippen molar-refractivity contribution in [3.8, 4) is 0 Å². The first kappa shape index (κ1) is 11.9. The third kappa shape index (κ3) is 4.73. The minimum Gasteiger partial charge on any atom is -0.380 e. The minimum absolute atomic E-state index is 0.270. The Labute approximate surface area is 76.9 Å². The zero-order valence-electron chi connectivity index (χ0n) is 9.18. The van der Waals surface area contributed by atoms with E-state index in [1.807, 2.05) is 6.92 Å². The molecule has 0 aliphatic heterocycles. The summed E-state index contributed by atoms with van der Waals surface area (Å²) < 4.78 is 5.32. The van der Waals surface area contributed by atoms with Crippen LogP contribution >= 0.6 is 0 Å². The summed E-state index contributed by atoms with van der Waals surface area (Å²) in [5, 5.41) is 0. The topological polar surface area (TPSA) is 12.5 Å². The highest BCUT2D eigenvalue weighted by atomic mass is 16.5. The van der Waals surface area contributed by atoms with Crippen molar-refractivity contribution in [3.05, 3.63) is 0 Å². The van der Waals surface area contributed by atoms with Crippen molar-refractivity contribution in [1.29, 1.82) is 0 Å². The van der Waals surface area contributed by atoms with Gasteiger partial charge in [-0.25, -0.2) is 0 Å². The van der Waals surface area contributed by atoms with Crippen LogP contribution < -0.4 is 0 Å². The van der Waals surface area contributed by atoms with Crippen LogP contribution in [0.2, 0.25) is 0 Å². The first-order valence-electron chi connectivity index (χ1n) is 4.85. The summed E-state index contributed by atoms with van der Waals surface area (Å²) in [4.78, 5) is 2.42. The highest BCUT2D eigenvalue weighted by molar-refractivity contribution is 4.74. The van der Waals surface area contributed by atoms with Gasteiger partial charge in [-0.2, -0.15) is 0 Å². The smallest absolute Gasteiger partial charge is 0.0593 e. The minimum atomic E-state index is 0.270. The summed E-state index contributed by atoms with van der Waals surface area (Å²) in [6.45, 7) is 14.7. The molecule has 74 valence electrons. The van der Waals surface area contributed by atoms with E-state index in [2.05, 4.69) is 32.6 Å². The molecule has 0 heterocycles. The second kappa shape index (κ2) is 5.55. The van der Waals surface area contributed by atoms with Crippen LogP contribution in [0, 0.1) is 0 Å². The molecule has 0 aromatic heterocycles. The zero-order valence-corrected chi connectivity index (χ0v) is 9.18. The van der Waals surface area contributed by atoms with Gasteiger partial charge in [-0.1, -0.05) is 6.92 Å². The fraction of sp³-hybridized carbons (Fsp3) is 1.00. The van der Waals surface area contributed by atoms with E-state index in [-0.39, 0.29) is 5.54 Å². The van der Waals surface area contributed by atoms with E-state index in [0.717, 1.165) is 26.3 Å². The van der Waals surface area contributed by atoms with Crippen molar-refractivity contribution in [2.75, 3.05) is 26.3 Å². The maximum Gasteiger partial charge on any atom is 0.0593 e. The Morgan fingerprint density at radius 2 is 1.75 bits per heavy atom. The molecule has 12 heavy (non-hydrogen) atoms. The summed E-state index contributed by atoms with van der Waals surface area (Å²) >= 11 is 0. The fourth-order valence-electron chi connectivity index (χ4n) is 1.29. The molecule has 0 fully saturated rings. The lowest BCUT2D eigenvalue weighted by Crippen LogP contribution is -2.43. The lowest BCUT2D eigenvalue weighted by atomic mass is 10.1. The third-order valence-corrected chi connectivity index (χ3v) is 2.04. The molecule has 2 heteroatoms. The van der Waals surface area contributed by atoms with Gasteiger partial charge in [0.2, 0.25) is 0 Å². The molecule has 0 N–H and O–H groups in total. The van der Waals surface area contributed by atoms with Gasteiger partial charge in [0.25, 0.3) is 0 Å². The highest BCUT2D eigenvalue weighted by Crippen LogP contribution is 2.11. The molecule has 0 unspecified atom stereocenters. The summed E-state index contributed by atoms with van der Waals surface area (Å²) in [5.41, 5.74) is 0.270. The van der Waals surface area contributed by atoms with Crippen LogP contribution in [0.15, 0.2) is 0 Å². The van der Waals surface area contributed by atoms with E-state index in [9.17, 15) is 0 Å². The molecule has 0 bridgehead atoms. The van der Waals surface area contributed by atoms with Crippen LogP contribution in [-0.2, 0) is 4.74 Å². The van der Waals surface area contributed by atoms with Crippen molar-refractivity contribution in [3.63, 3.8) is 0 Å². The monoisotopic (exact) mass is 173 g/mol. The van der Waals surface area contributed by atoms with Crippen LogP contribution in [0.5, 0.6) is 0 Å². The molecule has 0 aliphatic carbocycles. The van der Waals surface area contributed by atoms with Crippen LogP contribution in [-0.4, -0.2) is 36.7 Å². The van der Waals surface area contributed by atoms with Gasteiger partial charge in [-0.05, 0) is 34.2 Å².